The van der Waals surface area contributed by atoms with E-state index < -0.39 is 0 Å². The van der Waals surface area contributed by atoms with Crippen molar-refractivity contribution in [2.75, 3.05) is 10.2 Å². The third kappa shape index (κ3) is 3.80. The Bertz CT molecular complexity index is 1290. The average Bonchev–Trinajstić information content (AvgIpc) is 3.07. The van der Waals surface area contributed by atoms with Gasteiger partial charge in [-0.3, -0.25) is 0 Å². The number of hydrogen-bond donors (Lipinski definition) is 1. The zero-order chi connectivity index (χ0) is 22.9. The molecular weight excluding hydrogens is 415 g/mol. The third-order valence-electron chi connectivity index (χ3n) is 6.27. The molecular formula is C27H25FN4O. The molecule has 0 aliphatic carbocycles. The van der Waals surface area contributed by atoms with Crippen molar-refractivity contribution in [2.24, 2.45) is 0 Å². The Labute approximate surface area is 193 Å². The Morgan fingerprint density at radius 2 is 2.09 bits per heavy atom. The molecule has 0 saturated heterocycles. The van der Waals surface area contributed by atoms with Crippen molar-refractivity contribution in [3.63, 3.8) is 0 Å². The van der Waals surface area contributed by atoms with Gasteiger partial charge in [0.25, 0.3) is 0 Å². The normalized spacial score (nSPS) is 17.6. The number of pyridine rings is 1. The van der Waals surface area contributed by atoms with Crippen LogP contribution in [0.4, 0.5) is 15.9 Å². The summed E-state index contributed by atoms with van der Waals surface area (Å²) in [7, 11) is 0. The molecule has 0 amide bonds. The zero-order valence-electron chi connectivity index (χ0n) is 18.7. The number of nitrogens with one attached hydrogen (secondary N) is 1. The molecule has 0 radical (unpaired) electrons. The fourth-order valence-electron chi connectivity index (χ4n) is 4.73. The highest BCUT2D eigenvalue weighted by atomic mass is 19.1. The monoisotopic (exact) mass is 440 g/mol. The molecule has 2 aliphatic heterocycles. The molecule has 1 aromatic heterocycles. The van der Waals surface area contributed by atoms with Crippen LogP contribution in [0.1, 0.15) is 48.9 Å². The van der Waals surface area contributed by atoms with Crippen molar-refractivity contribution in [1.82, 2.24) is 4.98 Å². The zero-order valence-corrected chi connectivity index (χ0v) is 18.7. The minimum Gasteiger partial charge on any atom is -0.488 e. The maximum atomic E-state index is 13.9. The van der Waals surface area contributed by atoms with E-state index in [0.717, 1.165) is 58.7 Å². The van der Waals surface area contributed by atoms with Gasteiger partial charge < -0.3 is 15.0 Å². The highest BCUT2D eigenvalue weighted by molar-refractivity contribution is 5.88. The van der Waals surface area contributed by atoms with E-state index in [1.54, 1.807) is 13.0 Å². The minimum absolute atomic E-state index is 0.193. The maximum Gasteiger partial charge on any atom is 0.151 e. The first-order valence-electron chi connectivity index (χ1n) is 11.2. The van der Waals surface area contributed by atoms with E-state index in [9.17, 15) is 9.65 Å². The summed E-state index contributed by atoms with van der Waals surface area (Å²) >= 11 is 0. The number of nitriles is 1. The van der Waals surface area contributed by atoms with E-state index in [0.29, 0.717) is 17.9 Å². The fourth-order valence-corrected chi connectivity index (χ4v) is 4.73. The van der Waals surface area contributed by atoms with Gasteiger partial charge in [0.2, 0.25) is 0 Å². The Morgan fingerprint density at radius 3 is 2.91 bits per heavy atom. The summed E-state index contributed by atoms with van der Waals surface area (Å²) in [5.74, 6) is 1.02. The van der Waals surface area contributed by atoms with E-state index in [1.807, 2.05) is 12.3 Å². The van der Waals surface area contributed by atoms with Gasteiger partial charge >= 0.3 is 0 Å². The molecule has 0 fully saturated rings. The van der Waals surface area contributed by atoms with Gasteiger partial charge in [0, 0.05) is 35.5 Å². The number of benzene rings is 2. The van der Waals surface area contributed by atoms with Gasteiger partial charge in [-0.15, -0.1) is 0 Å². The van der Waals surface area contributed by atoms with E-state index in [-0.39, 0.29) is 12.0 Å². The highest BCUT2D eigenvalue weighted by Gasteiger charge is 2.29. The fraction of sp³-hybridized carbons (Fsp3) is 0.259. The second-order valence-electron chi connectivity index (χ2n) is 8.48. The van der Waals surface area contributed by atoms with Gasteiger partial charge in [-0.2, -0.15) is 5.26 Å². The van der Waals surface area contributed by atoms with Crippen LogP contribution in [-0.2, 0) is 13.2 Å². The second-order valence-corrected chi connectivity index (χ2v) is 8.48. The highest BCUT2D eigenvalue weighted by Crippen LogP contribution is 2.40. The van der Waals surface area contributed by atoms with E-state index >= 15 is 0 Å². The van der Waals surface area contributed by atoms with E-state index in [4.69, 9.17) is 4.74 Å². The molecule has 3 aromatic rings. The van der Waals surface area contributed by atoms with Crippen molar-refractivity contribution in [1.29, 1.82) is 5.26 Å². The van der Waals surface area contributed by atoms with Crippen molar-refractivity contribution >= 4 is 17.1 Å². The van der Waals surface area contributed by atoms with Crippen molar-refractivity contribution in [2.45, 2.75) is 46.0 Å². The van der Waals surface area contributed by atoms with Crippen LogP contribution in [0, 0.1) is 17.1 Å². The molecule has 0 spiro atoms. The number of hydrogen-bond acceptors (Lipinski definition) is 5. The van der Waals surface area contributed by atoms with Crippen LogP contribution >= 0.6 is 0 Å². The van der Waals surface area contributed by atoms with Crippen LogP contribution in [0.2, 0.25) is 0 Å². The number of halogens is 1. The van der Waals surface area contributed by atoms with Gasteiger partial charge in [0.15, 0.2) is 5.82 Å². The average molecular weight is 441 g/mol. The number of rotatable bonds is 4. The lowest BCUT2D eigenvalue weighted by Gasteiger charge is -2.27. The molecule has 166 valence electrons. The lowest BCUT2D eigenvalue weighted by molar-refractivity contribution is 0.305. The molecule has 2 aliphatic rings. The first-order chi connectivity index (χ1) is 16.1. The molecule has 5 nitrogen and oxygen atoms in total. The number of anilines is 2. The van der Waals surface area contributed by atoms with Crippen molar-refractivity contribution in [3.8, 4) is 11.8 Å². The quantitative estimate of drug-likeness (QED) is 0.503. The van der Waals surface area contributed by atoms with Crippen LogP contribution in [0.25, 0.3) is 5.57 Å². The molecule has 3 heterocycles. The lowest BCUT2D eigenvalue weighted by Crippen LogP contribution is -2.35. The van der Waals surface area contributed by atoms with Gasteiger partial charge in [-0.05, 0) is 60.4 Å². The minimum atomic E-state index is -0.356. The summed E-state index contributed by atoms with van der Waals surface area (Å²) < 4.78 is 19.9. The van der Waals surface area contributed by atoms with Gasteiger partial charge in [-0.25, -0.2) is 9.37 Å². The van der Waals surface area contributed by atoms with Gasteiger partial charge in [0.05, 0.1) is 11.8 Å². The van der Waals surface area contributed by atoms with Crippen molar-refractivity contribution in [3.05, 3.63) is 88.4 Å². The molecule has 33 heavy (non-hydrogen) atoms. The van der Waals surface area contributed by atoms with Crippen LogP contribution in [0.5, 0.6) is 5.75 Å². The first-order valence-corrected chi connectivity index (χ1v) is 11.2. The largest absolute Gasteiger partial charge is 0.488 e. The summed E-state index contributed by atoms with van der Waals surface area (Å²) in [6.45, 7) is 5.01. The Kier molecular flexibility index (Phi) is 5.47. The van der Waals surface area contributed by atoms with Crippen LogP contribution in [0.3, 0.4) is 0 Å². The number of nitrogens with zero attached hydrogens (tertiary/aromatic N) is 3. The molecule has 6 heteroatoms. The predicted molar refractivity (Wildman–Crippen MR) is 127 cm³/mol. The number of ether oxygens (including phenoxy) is 1. The van der Waals surface area contributed by atoms with Crippen LogP contribution in [-0.4, -0.2) is 11.1 Å². The molecule has 5 rings (SSSR count). The lowest BCUT2D eigenvalue weighted by atomic mass is 9.90. The Morgan fingerprint density at radius 1 is 1.24 bits per heavy atom. The molecule has 0 bridgehead atoms. The molecule has 1 atom stereocenters. The molecule has 0 saturated carbocycles. The number of fused-ring (bicyclic) bond motifs is 3. The summed E-state index contributed by atoms with van der Waals surface area (Å²) in [5, 5.41) is 13.2. The van der Waals surface area contributed by atoms with E-state index in [1.165, 1.54) is 12.1 Å². The van der Waals surface area contributed by atoms with Crippen LogP contribution in [0.15, 0.2) is 60.3 Å². The van der Waals surface area contributed by atoms with Gasteiger partial charge in [-0.1, -0.05) is 25.5 Å². The molecule has 2 aromatic carbocycles. The maximum absolute atomic E-state index is 13.9. The molecule has 1 unspecified atom stereocenters. The summed E-state index contributed by atoms with van der Waals surface area (Å²) in [5.41, 5.74) is 6.30. The summed E-state index contributed by atoms with van der Waals surface area (Å²) in [6, 6.07) is 17.1. The van der Waals surface area contributed by atoms with Crippen molar-refractivity contribution < 1.29 is 9.13 Å². The number of aromatic nitrogens is 1. The Hall–Kier alpha value is -3.85. The Balaban J connectivity index is 1.53. The smallest absolute Gasteiger partial charge is 0.151 e. The number of allylic oxidation sites excluding steroid dienone is 1. The van der Waals surface area contributed by atoms with E-state index in [2.05, 4.69) is 52.5 Å². The standard InChI is InChI=1S/C27H25FN4O/c1-3-5-25-31-27-23(6-4-11-30-27)32(25)15-18-7-9-21-19(12-18)16-33-24-13-20(28)8-10-22(24)26(21)17(2)14-29/h4,6-13,25H,3,5,15-16H2,1-2H3,(H,30,31)/b26-17-. The SMILES string of the molecule is CCCC1Nc2ncccc2N1Cc1ccc2c(c1)COc1cc(F)ccc1/C2=C(/C)C#N. The third-order valence-corrected chi connectivity index (χ3v) is 6.27. The van der Waals surface area contributed by atoms with Crippen LogP contribution < -0.4 is 15.0 Å². The summed E-state index contributed by atoms with van der Waals surface area (Å²) in [6.07, 6.45) is 4.08. The summed E-state index contributed by atoms with van der Waals surface area (Å²) in [4.78, 5) is 6.85. The topological polar surface area (TPSA) is 61.2 Å². The van der Waals surface area contributed by atoms with Gasteiger partial charge in [0.1, 0.15) is 24.3 Å². The first kappa shape index (κ1) is 21.0. The molecule has 1 N–H and O–H groups in total. The second kappa shape index (κ2) is 8.59. The predicted octanol–water partition coefficient (Wildman–Crippen LogP) is 6.02.